The van der Waals surface area contributed by atoms with Crippen molar-refractivity contribution in [2.75, 3.05) is 13.2 Å². The minimum Gasteiger partial charge on any atom is -0.508 e. The molecule has 0 radical (unpaired) electrons. The number of rotatable bonds is 4. The summed E-state index contributed by atoms with van der Waals surface area (Å²) in [5.41, 5.74) is 0.361. The molecule has 0 bridgehead atoms. The van der Waals surface area contributed by atoms with Crippen LogP contribution in [0.4, 0.5) is 0 Å². The summed E-state index contributed by atoms with van der Waals surface area (Å²) >= 11 is 0. The van der Waals surface area contributed by atoms with Gasteiger partial charge in [0, 0.05) is 5.56 Å². The zero-order chi connectivity index (χ0) is 11.3. The number of phenolic OH excluding ortho intramolecular Hbond substituents is 1. The molecule has 1 aromatic carbocycles. The molecule has 0 heterocycles. The quantitative estimate of drug-likeness (QED) is 0.539. The first-order valence-corrected chi connectivity index (χ1v) is 4.49. The number of benzene rings is 1. The number of amides is 1. The predicted molar refractivity (Wildman–Crippen MR) is 53.5 cm³/mol. The van der Waals surface area contributed by atoms with Crippen LogP contribution < -0.4 is 5.32 Å². The Kier molecular flexibility index (Phi) is 4.08. The fraction of sp³-hybridized carbons (Fsp3) is 0.300. The van der Waals surface area contributed by atoms with Crippen LogP contribution in [0.5, 0.6) is 5.75 Å². The van der Waals surface area contributed by atoms with E-state index in [4.69, 9.17) is 15.3 Å². The van der Waals surface area contributed by atoms with Crippen molar-refractivity contribution >= 4 is 5.91 Å². The molecule has 0 fully saturated rings. The maximum absolute atomic E-state index is 11.5. The minimum absolute atomic E-state index is 0.0763. The zero-order valence-electron chi connectivity index (χ0n) is 8.05. The molecule has 5 heteroatoms. The van der Waals surface area contributed by atoms with Gasteiger partial charge in [0.05, 0.1) is 19.3 Å². The number of aromatic hydroxyl groups is 1. The standard InChI is InChI=1S/C10H13NO4/c12-5-8(6-13)11-10(15)7-1-3-9(14)4-2-7/h1-4,8,12-14H,5-6H2,(H,11,15). The number of phenols is 1. The van der Waals surface area contributed by atoms with Crippen LogP contribution in [0.25, 0.3) is 0 Å². The second-order valence-electron chi connectivity index (χ2n) is 3.08. The average molecular weight is 211 g/mol. The van der Waals surface area contributed by atoms with E-state index in [1.165, 1.54) is 24.3 Å². The first-order chi connectivity index (χ1) is 7.17. The molecule has 4 N–H and O–H groups in total. The Balaban J connectivity index is 2.64. The lowest BCUT2D eigenvalue weighted by Gasteiger charge is -2.13. The van der Waals surface area contributed by atoms with Gasteiger partial charge in [-0.3, -0.25) is 4.79 Å². The summed E-state index contributed by atoms with van der Waals surface area (Å²) in [5.74, 6) is -0.324. The van der Waals surface area contributed by atoms with E-state index in [0.717, 1.165) is 0 Å². The van der Waals surface area contributed by atoms with Gasteiger partial charge in [0.15, 0.2) is 0 Å². The molecule has 1 aromatic rings. The molecule has 0 aliphatic carbocycles. The molecule has 0 atom stereocenters. The molecule has 0 aromatic heterocycles. The number of aliphatic hydroxyl groups is 2. The van der Waals surface area contributed by atoms with E-state index in [1.54, 1.807) is 0 Å². The maximum atomic E-state index is 11.5. The van der Waals surface area contributed by atoms with Crippen LogP contribution in [0.15, 0.2) is 24.3 Å². The molecule has 82 valence electrons. The van der Waals surface area contributed by atoms with Crippen LogP contribution in [0.1, 0.15) is 10.4 Å². The van der Waals surface area contributed by atoms with Gasteiger partial charge in [-0.05, 0) is 24.3 Å². The van der Waals surface area contributed by atoms with E-state index < -0.39 is 11.9 Å². The second-order valence-corrected chi connectivity index (χ2v) is 3.08. The highest BCUT2D eigenvalue weighted by Crippen LogP contribution is 2.09. The summed E-state index contributed by atoms with van der Waals surface area (Å²) in [6, 6.07) is 5.03. The van der Waals surface area contributed by atoms with Crippen LogP contribution in [-0.4, -0.2) is 40.5 Å². The molecule has 0 aliphatic rings. The van der Waals surface area contributed by atoms with Crippen LogP contribution >= 0.6 is 0 Å². The fourth-order valence-electron chi connectivity index (χ4n) is 1.03. The Hall–Kier alpha value is -1.59. The molecule has 5 nitrogen and oxygen atoms in total. The summed E-state index contributed by atoms with van der Waals surface area (Å²) in [4.78, 5) is 11.5. The summed E-state index contributed by atoms with van der Waals surface area (Å²) in [6.45, 7) is -0.638. The number of carbonyl (C=O) groups is 1. The van der Waals surface area contributed by atoms with Gasteiger partial charge in [-0.1, -0.05) is 0 Å². The molecular formula is C10H13NO4. The molecule has 1 amide bonds. The lowest BCUT2D eigenvalue weighted by atomic mass is 10.2. The van der Waals surface area contributed by atoms with Crippen molar-refractivity contribution < 1.29 is 20.1 Å². The Morgan fingerprint density at radius 1 is 1.20 bits per heavy atom. The number of hydrogen-bond acceptors (Lipinski definition) is 4. The molecule has 0 unspecified atom stereocenters. The fourth-order valence-corrected chi connectivity index (χ4v) is 1.03. The lowest BCUT2D eigenvalue weighted by molar-refractivity contribution is 0.0879. The van der Waals surface area contributed by atoms with Gasteiger partial charge in [-0.25, -0.2) is 0 Å². The van der Waals surface area contributed by atoms with E-state index in [9.17, 15) is 4.79 Å². The summed E-state index contributed by atoms with van der Waals surface area (Å²) < 4.78 is 0. The van der Waals surface area contributed by atoms with Gasteiger partial charge in [-0.2, -0.15) is 0 Å². The first-order valence-electron chi connectivity index (χ1n) is 4.49. The Bertz CT molecular complexity index is 319. The normalized spacial score (nSPS) is 10.3. The van der Waals surface area contributed by atoms with Gasteiger partial charge in [-0.15, -0.1) is 0 Å². The first kappa shape index (κ1) is 11.5. The maximum Gasteiger partial charge on any atom is 0.251 e. The third-order valence-corrected chi connectivity index (χ3v) is 1.91. The third kappa shape index (κ3) is 3.23. The van der Waals surface area contributed by atoms with Crippen LogP contribution in [0.2, 0.25) is 0 Å². The SMILES string of the molecule is O=C(NC(CO)CO)c1ccc(O)cc1. The van der Waals surface area contributed by atoms with Crippen molar-refractivity contribution in [3.8, 4) is 5.75 Å². The van der Waals surface area contributed by atoms with Crippen LogP contribution in [0, 0.1) is 0 Å². The number of nitrogens with one attached hydrogen (secondary N) is 1. The Morgan fingerprint density at radius 2 is 1.73 bits per heavy atom. The van der Waals surface area contributed by atoms with Crippen molar-refractivity contribution in [1.29, 1.82) is 0 Å². The van der Waals surface area contributed by atoms with Crippen molar-refractivity contribution in [3.05, 3.63) is 29.8 Å². The van der Waals surface area contributed by atoms with Gasteiger partial charge in [0.25, 0.3) is 5.91 Å². The van der Waals surface area contributed by atoms with Gasteiger partial charge in [0.1, 0.15) is 5.75 Å². The van der Waals surface area contributed by atoms with E-state index in [1.807, 2.05) is 0 Å². The summed E-state index contributed by atoms with van der Waals surface area (Å²) in [6.07, 6.45) is 0. The highest BCUT2D eigenvalue weighted by molar-refractivity contribution is 5.94. The predicted octanol–water partition coefficient (Wildman–Crippen LogP) is -0.525. The smallest absolute Gasteiger partial charge is 0.251 e. The highest BCUT2D eigenvalue weighted by Gasteiger charge is 2.11. The van der Waals surface area contributed by atoms with Crippen LogP contribution in [-0.2, 0) is 0 Å². The highest BCUT2D eigenvalue weighted by atomic mass is 16.3. The Morgan fingerprint density at radius 3 is 2.20 bits per heavy atom. The van der Waals surface area contributed by atoms with E-state index in [2.05, 4.69) is 5.32 Å². The largest absolute Gasteiger partial charge is 0.508 e. The van der Waals surface area contributed by atoms with E-state index in [0.29, 0.717) is 5.56 Å². The molecule has 0 spiro atoms. The van der Waals surface area contributed by atoms with Crippen molar-refractivity contribution in [1.82, 2.24) is 5.32 Å². The van der Waals surface area contributed by atoms with E-state index in [-0.39, 0.29) is 19.0 Å². The zero-order valence-corrected chi connectivity index (χ0v) is 8.05. The van der Waals surface area contributed by atoms with Crippen molar-refractivity contribution in [2.45, 2.75) is 6.04 Å². The number of aliphatic hydroxyl groups excluding tert-OH is 2. The van der Waals surface area contributed by atoms with Gasteiger partial charge >= 0.3 is 0 Å². The second kappa shape index (κ2) is 5.33. The molecule has 1 rings (SSSR count). The van der Waals surface area contributed by atoms with E-state index >= 15 is 0 Å². The minimum atomic E-state index is -0.661. The van der Waals surface area contributed by atoms with Crippen molar-refractivity contribution in [3.63, 3.8) is 0 Å². The van der Waals surface area contributed by atoms with Crippen LogP contribution in [0.3, 0.4) is 0 Å². The summed E-state index contributed by atoms with van der Waals surface area (Å²) in [7, 11) is 0. The molecule has 0 aliphatic heterocycles. The molecule has 0 saturated heterocycles. The number of carbonyl (C=O) groups excluding carboxylic acids is 1. The van der Waals surface area contributed by atoms with Gasteiger partial charge in [0.2, 0.25) is 0 Å². The summed E-state index contributed by atoms with van der Waals surface area (Å²) in [5, 5.41) is 28.9. The molecule has 15 heavy (non-hydrogen) atoms. The number of hydrogen-bond donors (Lipinski definition) is 4. The molecular weight excluding hydrogens is 198 g/mol. The molecule has 0 saturated carbocycles. The lowest BCUT2D eigenvalue weighted by Crippen LogP contribution is -2.40. The van der Waals surface area contributed by atoms with Gasteiger partial charge < -0.3 is 20.6 Å². The monoisotopic (exact) mass is 211 g/mol. The van der Waals surface area contributed by atoms with Crippen molar-refractivity contribution in [2.24, 2.45) is 0 Å². The third-order valence-electron chi connectivity index (χ3n) is 1.91. The topological polar surface area (TPSA) is 89.8 Å². The average Bonchev–Trinajstić information content (AvgIpc) is 2.26. The Labute approximate surface area is 87.0 Å².